The lowest BCUT2D eigenvalue weighted by Crippen LogP contribution is -2.43. The Hall–Kier alpha value is -1.11. The maximum absolute atomic E-state index is 11.5. The van der Waals surface area contributed by atoms with Gasteiger partial charge in [-0.05, 0) is 50.6 Å². The molecule has 5 nitrogen and oxygen atoms in total. The summed E-state index contributed by atoms with van der Waals surface area (Å²) in [6.07, 6.45) is 2.72. The summed E-state index contributed by atoms with van der Waals surface area (Å²) in [5.41, 5.74) is 0.223. The summed E-state index contributed by atoms with van der Waals surface area (Å²) < 4.78 is 25.3. The number of nitrogens with one attached hydrogen (secondary N) is 2. The quantitative estimate of drug-likeness (QED) is 0.743. The molecule has 1 aromatic rings. The second-order valence-corrected chi connectivity index (χ2v) is 6.55. The minimum Gasteiger partial charge on any atom is -0.388 e. The molecule has 1 aliphatic rings. The molecule has 3 N–H and O–H groups in total. The highest BCUT2D eigenvalue weighted by Gasteiger charge is 2.33. The zero-order chi connectivity index (χ0) is 13.2. The van der Waals surface area contributed by atoms with Gasteiger partial charge in [0, 0.05) is 12.2 Å². The van der Waals surface area contributed by atoms with E-state index in [0.29, 0.717) is 6.54 Å². The van der Waals surface area contributed by atoms with Crippen LogP contribution in [-0.2, 0) is 10.0 Å². The van der Waals surface area contributed by atoms with Gasteiger partial charge in [0.2, 0.25) is 10.0 Å². The van der Waals surface area contributed by atoms with Crippen LogP contribution in [0, 0.1) is 0 Å². The van der Waals surface area contributed by atoms with Crippen LogP contribution in [-0.4, -0.2) is 32.7 Å². The zero-order valence-electron chi connectivity index (χ0n) is 10.3. The number of hydrogen-bond donors (Lipinski definition) is 3. The lowest BCUT2D eigenvalue weighted by molar-refractivity contribution is -0.0201. The van der Waals surface area contributed by atoms with Crippen LogP contribution in [0.3, 0.4) is 0 Å². The molecule has 0 bridgehead atoms. The smallest absolute Gasteiger partial charge is 0.240 e. The first-order valence-electron chi connectivity index (χ1n) is 5.95. The third-order valence-corrected chi connectivity index (χ3v) is 4.77. The predicted molar refractivity (Wildman–Crippen MR) is 70.0 cm³/mol. The van der Waals surface area contributed by atoms with Gasteiger partial charge in [-0.1, -0.05) is 0 Å². The van der Waals surface area contributed by atoms with Gasteiger partial charge in [0.15, 0.2) is 0 Å². The summed E-state index contributed by atoms with van der Waals surface area (Å²) in [5, 5.41) is 13.0. The van der Waals surface area contributed by atoms with E-state index in [9.17, 15) is 13.5 Å². The Morgan fingerprint density at radius 1 is 1.28 bits per heavy atom. The molecule has 0 saturated heterocycles. The van der Waals surface area contributed by atoms with Crippen molar-refractivity contribution in [3.05, 3.63) is 24.3 Å². The third-order valence-electron chi connectivity index (χ3n) is 3.34. The first kappa shape index (κ1) is 13.3. The molecule has 100 valence electrons. The van der Waals surface area contributed by atoms with E-state index in [1.54, 1.807) is 24.3 Å². The Kier molecular flexibility index (Phi) is 3.61. The van der Waals surface area contributed by atoms with Crippen LogP contribution in [0.5, 0.6) is 0 Å². The monoisotopic (exact) mass is 270 g/mol. The first-order chi connectivity index (χ1) is 8.45. The van der Waals surface area contributed by atoms with E-state index in [0.717, 1.165) is 24.9 Å². The molecule has 0 unspecified atom stereocenters. The third kappa shape index (κ3) is 2.82. The minimum absolute atomic E-state index is 0.234. The van der Waals surface area contributed by atoms with Crippen LogP contribution in [0.25, 0.3) is 0 Å². The molecule has 0 amide bonds. The van der Waals surface area contributed by atoms with Crippen molar-refractivity contribution < 1.29 is 13.5 Å². The van der Waals surface area contributed by atoms with E-state index in [2.05, 4.69) is 10.0 Å². The van der Waals surface area contributed by atoms with Crippen LogP contribution in [0.1, 0.15) is 19.3 Å². The number of rotatable bonds is 5. The van der Waals surface area contributed by atoms with E-state index in [1.807, 2.05) is 0 Å². The zero-order valence-corrected chi connectivity index (χ0v) is 11.1. The Morgan fingerprint density at radius 3 is 2.33 bits per heavy atom. The van der Waals surface area contributed by atoms with Gasteiger partial charge in [-0.3, -0.25) is 0 Å². The minimum atomic E-state index is -3.38. The standard InChI is InChI=1S/C12H18N2O3S/c1-13-18(16,17)11-5-3-10(4-6-11)14-9-12(15)7-2-8-12/h3-6,13-15H,2,7-9H2,1H3. The fraction of sp³-hybridized carbons (Fsp3) is 0.500. The Labute approximate surface area is 107 Å². The Morgan fingerprint density at radius 2 is 1.89 bits per heavy atom. The molecule has 0 spiro atoms. The fourth-order valence-electron chi connectivity index (χ4n) is 1.90. The molecular formula is C12H18N2O3S. The average molecular weight is 270 g/mol. The van der Waals surface area contributed by atoms with E-state index < -0.39 is 15.6 Å². The average Bonchev–Trinajstić information content (AvgIpc) is 2.34. The molecule has 0 aliphatic heterocycles. The SMILES string of the molecule is CNS(=O)(=O)c1ccc(NCC2(O)CCC2)cc1. The lowest BCUT2D eigenvalue weighted by Gasteiger charge is -2.36. The van der Waals surface area contributed by atoms with Crippen molar-refractivity contribution >= 4 is 15.7 Å². The van der Waals surface area contributed by atoms with E-state index in [-0.39, 0.29) is 4.90 Å². The van der Waals surface area contributed by atoms with Gasteiger partial charge >= 0.3 is 0 Å². The largest absolute Gasteiger partial charge is 0.388 e. The van der Waals surface area contributed by atoms with Gasteiger partial charge in [0.05, 0.1) is 10.5 Å². The molecule has 1 aromatic carbocycles. The van der Waals surface area contributed by atoms with Crippen LogP contribution in [0.4, 0.5) is 5.69 Å². The number of anilines is 1. The van der Waals surface area contributed by atoms with Crippen molar-refractivity contribution in [2.24, 2.45) is 0 Å². The molecule has 0 heterocycles. The second-order valence-electron chi connectivity index (χ2n) is 4.66. The van der Waals surface area contributed by atoms with Crippen LogP contribution in [0.2, 0.25) is 0 Å². The Bertz CT molecular complexity index is 507. The van der Waals surface area contributed by atoms with Crippen LogP contribution < -0.4 is 10.0 Å². The van der Waals surface area contributed by atoms with Gasteiger partial charge < -0.3 is 10.4 Å². The summed E-state index contributed by atoms with van der Waals surface area (Å²) in [5.74, 6) is 0. The number of sulfonamides is 1. The molecular weight excluding hydrogens is 252 g/mol. The first-order valence-corrected chi connectivity index (χ1v) is 7.43. The van der Waals surface area contributed by atoms with Gasteiger partial charge in [-0.25, -0.2) is 13.1 Å². The van der Waals surface area contributed by atoms with Gasteiger partial charge in [-0.2, -0.15) is 0 Å². The molecule has 0 atom stereocenters. The predicted octanol–water partition coefficient (Wildman–Crippen LogP) is 0.922. The molecule has 1 saturated carbocycles. The summed E-state index contributed by atoms with van der Waals surface area (Å²) in [4.78, 5) is 0.234. The second kappa shape index (κ2) is 4.87. The maximum Gasteiger partial charge on any atom is 0.240 e. The molecule has 2 rings (SSSR count). The topological polar surface area (TPSA) is 78.4 Å². The number of hydrogen-bond acceptors (Lipinski definition) is 4. The van der Waals surface area contributed by atoms with E-state index in [1.165, 1.54) is 7.05 Å². The molecule has 0 aromatic heterocycles. The molecule has 1 fully saturated rings. The number of benzene rings is 1. The van der Waals surface area contributed by atoms with E-state index in [4.69, 9.17) is 0 Å². The van der Waals surface area contributed by atoms with Crippen molar-refractivity contribution in [2.45, 2.75) is 29.8 Å². The molecule has 0 radical (unpaired) electrons. The van der Waals surface area contributed by atoms with Crippen molar-refractivity contribution in [1.29, 1.82) is 0 Å². The molecule has 18 heavy (non-hydrogen) atoms. The summed E-state index contributed by atoms with van der Waals surface area (Å²) in [7, 11) is -2.00. The van der Waals surface area contributed by atoms with Gasteiger partial charge in [-0.15, -0.1) is 0 Å². The van der Waals surface area contributed by atoms with Gasteiger partial charge in [0.25, 0.3) is 0 Å². The summed E-state index contributed by atoms with van der Waals surface area (Å²) in [6.45, 7) is 0.505. The van der Waals surface area contributed by atoms with Crippen molar-refractivity contribution in [2.75, 3.05) is 18.9 Å². The Balaban J connectivity index is 2.00. The normalized spacial score (nSPS) is 18.1. The lowest BCUT2D eigenvalue weighted by atomic mass is 9.80. The van der Waals surface area contributed by atoms with Gasteiger partial charge in [0.1, 0.15) is 0 Å². The van der Waals surface area contributed by atoms with E-state index >= 15 is 0 Å². The maximum atomic E-state index is 11.5. The highest BCUT2D eigenvalue weighted by Crippen LogP contribution is 2.31. The highest BCUT2D eigenvalue weighted by molar-refractivity contribution is 7.89. The summed E-state index contributed by atoms with van der Waals surface area (Å²) in [6, 6.07) is 6.48. The van der Waals surface area contributed by atoms with Crippen molar-refractivity contribution in [3.8, 4) is 0 Å². The fourth-order valence-corrected chi connectivity index (χ4v) is 2.63. The summed E-state index contributed by atoms with van der Waals surface area (Å²) >= 11 is 0. The van der Waals surface area contributed by atoms with Crippen molar-refractivity contribution in [1.82, 2.24) is 4.72 Å². The van der Waals surface area contributed by atoms with Crippen molar-refractivity contribution in [3.63, 3.8) is 0 Å². The van der Waals surface area contributed by atoms with Crippen LogP contribution >= 0.6 is 0 Å². The van der Waals surface area contributed by atoms with Crippen LogP contribution in [0.15, 0.2) is 29.2 Å². The molecule has 6 heteroatoms. The highest BCUT2D eigenvalue weighted by atomic mass is 32.2. The number of aliphatic hydroxyl groups is 1. The molecule has 1 aliphatic carbocycles.